The number of hydrogen-bond donors (Lipinski definition) is 0. The van der Waals surface area contributed by atoms with Crippen LogP contribution in [0.5, 0.6) is 0 Å². The molecule has 0 aliphatic rings. The molecular weight excluding hydrogens is 109 g/mol. The minimum atomic E-state index is 0. The van der Waals surface area contributed by atoms with Crippen LogP contribution in [0.25, 0.3) is 0 Å². The maximum absolute atomic E-state index is 5.00. The maximum Gasteiger partial charge on any atom is 0.0195 e. The molecule has 0 unspecified atom stereocenters. The van der Waals surface area contributed by atoms with Gasteiger partial charge in [0.2, 0.25) is 0 Å². The van der Waals surface area contributed by atoms with Crippen molar-refractivity contribution in [1.29, 1.82) is 0 Å². The van der Waals surface area contributed by atoms with E-state index in [-0.39, 0.29) is 46.9 Å². The molecule has 0 fully saturated rings. The topological polar surface area (TPSA) is 0 Å². The smallest absolute Gasteiger partial charge is 0.0195 e. The van der Waals surface area contributed by atoms with Crippen molar-refractivity contribution in [3.63, 3.8) is 0 Å². The predicted octanol–water partition coefficient (Wildman–Crippen LogP) is 0.483. The van der Waals surface area contributed by atoms with Gasteiger partial charge in [0.1, 0.15) is 0 Å². The summed E-state index contributed by atoms with van der Waals surface area (Å²) in [5.41, 5.74) is 0. The van der Waals surface area contributed by atoms with E-state index >= 15 is 0 Å². The third-order valence-corrected chi connectivity index (χ3v) is 0. The van der Waals surface area contributed by atoms with E-state index in [2.05, 4.69) is 0 Å². The number of halogens is 1. The minimum absolute atomic E-state index is 0. The van der Waals surface area contributed by atoms with E-state index in [1.807, 2.05) is 6.92 Å². The normalized spacial score (nSPS) is 3.60. The SMILES string of the molecule is CCCl.[Al].[Na]. The average Bonchev–Trinajstić information content (AvgIpc) is 0.918. The van der Waals surface area contributed by atoms with Crippen LogP contribution in [0.15, 0.2) is 0 Å². The summed E-state index contributed by atoms with van der Waals surface area (Å²) in [7, 11) is 0. The van der Waals surface area contributed by atoms with Crippen LogP contribution in [0.1, 0.15) is 6.92 Å². The van der Waals surface area contributed by atoms with E-state index in [4.69, 9.17) is 11.6 Å². The Hall–Kier alpha value is 1.82. The maximum atomic E-state index is 5.00. The minimum Gasteiger partial charge on any atom is -0.127 e. The molecule has 0 bridgehead atoms. The summed E-state index contributed by atoms with van der Waals surface area (Å²) in [6.45, 7) is 1.89. The van der Waals surface area contributed by atoms with Gasteiger partial charge in [-0.15, -0.1) is 11.6 Å². The Morgan fingerprint density at radius 2 is 1.60 bits per heavy atom. The van der Waals surface area contributed by atoms with E-state index < -0.39 is 0 Å². The first-order chi connectivity index (χ1) is 1.41. The van der Waals surface area contributed by atoms with Crippen LogP contribution in [-0.4, -0.2) is 52.8 Å². The van der Waals surface area contributed by atoms with Gasteiger partial charge >= 0.3 is 0 Å². The zero-order chi connectivity index (χ0) is 2.71. The molecule has 0 amide bonds. The second kappa shape index (κ2) is 17.0. The summed E-state index contributed by atoms with van der Waals surface area (Å²) >= 11 is 5.00. The number of alkyl halides is 1. The molecule has 3 heteroatoms. The molecular formula is C2H5AlClNa. The van der Waals surface area contributed by atoms with Gasteiger partial charge < -0.3 is 0 Å². The second-order valence-corrected chi connectivity index (χ2v) is 0.802. The van der Waals surface area contributed by atoms with Gasteiger partial charge in [0.25, 0.3) is 0 Å². The molecule has 0 aromatic rings. The van der Waals surface area contributed by atoms with Crippen LogP contribution in [0, 0.1) is 0 Å². The Morgan fingerprint density at radius 1 is 1.60 bits per heavy atom. The van der Waals surface area contributed by atoms with E-state index in [1.165, 1.54) is 0 Å². The van der Waals surface area contributed by atoms with Crippen molar-refractivity contribution in [2.75, 3.05) is 5.88 Å². The van der Waals surface area contributed by atoms with Crippen molar-refractivity contribution in [2.24, 2.45) is 0 Å². The van der Waals surface area contributed by atoms with Crippen LogP contribution in [0.2, 0.25) is 0 Å². The second-order valence-electron chi connectivity index (χ2n) is 0.267. The van der Waals surface area contributed by atoms with Crippen LogP contribution in [0.3, 0.4) is 0 Å². The molecule has 0 spiro atoms. The number of hydrogen-bond acceptors (Lipinski definition) is 0. The van der Waals surface area contributed by atoms with Gasteiger partial charge in [-0.3, -0.25) is 0 Å². The first kappa shape index (κ1) is 15.8. The van der Waals surface area contributed by atoms with Crippen LogP contribution in [-0.2, 0) is 0 Å². The average molecular weight is 114 g/mol. The Bertz CT molecular complexity index is 9.61. The molecule has 0 saturated heterocycles. The quantitative estimate of drug-likeness (QED) is 0.318. The summed E-state index contributed by atoms with van der Waals surface area (Å²) in [6.07, 6.45) is 0. The van der Waals surface area contributed by atoms with Gasteiger partial charge in [0.15, 0.2) is 0 Å². The summed E-state index contributed by atoms with van der Waals surface area (Å²) < 4.78 is 0. The van der Waals surface area contributed by atoms with E-state index in [0.29, 0.717) is 0 Å². The summed E-state index contributed by atoms with van der Waals surface area (Å²) in [5, 5.41) is 0. The Morgan fingerprint density at radius 3 is 1.60 bits per heavy atom. The molecule has 24 valence electrons. The van der Waals surface area contributed by atoms with Crippen molar-refractivity contribution in [3.05, 3.63) is 0 Å². The molecule has 0 aliphatic carbocycles. The third-order valence-electron chi connectivity index (χ3n) is 0. The van der Waals surface area contributed by atoms with Crippen molar-refractivity contribution in [1.82, 2.24) is 0 Å². The molecule has 0 N–H and O–H groups in total. The summed E-state index contributed by atoms with van der Waals surface area (Å²) in [4.78, 5) is 0. The van der Waals surface area contributed by atoms with E-state index in [0.717, 1.165) is 5.88 Å². The van der Waals surface area contributed by atoms with Crippen LogP contribution < -0.4 is 0 Å². The first-order valence-corrected chi connectivity index (χ1v) is 1.51. The molecule has 0 nitrogen and oxygen atoms in total. The van der Waals surface area contributed by atoms with Crippen molar-refractivity contribution >= 4 is 58.5 Å². The molecule has 0 rings (SSSR count). The molecule has 0 atom stereocenters. The zero-order valence-electron chi connectivity index (χ0n) is 3.66. The van der Waals surface area contributed by atoms with Crippen molar-refractivity contribution in [2.45, 2.75) is 6.92 Å². The zero-order valence-corrected chi connectivity index (χ0v) is 7.57. The van der Waals surface area contributed by atoms with Crippen molar-refractivity contribution < 1.29 is 0 Å². The summed E-state index contributed by atoms with van der Waals surface area (Å²) in [6, 6.07) is 0. The van der Waals surface area contributed by atoms with Gasteiger partial charge in [0.05, 0.1) is 0 Å². The van der Waals surface area contributed by atoms with Gasteiger partial charge in [-0.2, -0.15) is 0 Å². The molecule has 5 heavy (non-hydrogen) atoms. The molecule has 0 aromatic heterocycles. The molecule has 0 saturated carbocycles. The number of rotatable bonds is 0. The fourth-order valence-corrected chi connectivity index (χ4v) is 0. The Labute approximate surface area is 70.7 Å². The molecule has 4 radical (unpaired) electrons. The monoisotopic (exact) mass is 114 g/mol. The standard InChI is InChI=1S/C2H5Cl.Al.Na/c1-2-3;;/h2H2,1H3;;. The van der Waals surface area contributed by atoms with Gasteiger partial charge in [-0.1, -0.05) is 6.92 Å². The first-order valence-electron chi connectivity index (χ1n) is 0.974. The summed E-state index contributed by atoms with van der Waals surface area (Å²) in [5.74, 6) is 0.722. The van der Waals surface area contributed by atoms with Crippen LogP contribution in [0.4, 0.5) is 0 Å². The Balaban J connectivity index is -0.0000000200. The van der Waals surface area contributed by atoms with E-state index in [1.54, 1.807) is 0 Å². The predicted molar refractivity (Wildman–Crippen MR) is 27.9 cm³/mol. The fourth-order valence-electron chi connectivity index (χ4n) is 0. The largest absolute Gasteiger partial charge is 0.127 e. The van der Waals surface area contributed by atoms with E-state index in [9.17, 15) is 0 Å². The van der Waals surface area contributed by atoms with Gasteiger partial charge in [0, 0.05) is 52.8 Å². The van der Waals surface area contributed by atoms with Crippen molar-refractivity contribution in [3.8, 4) is 0 Å². The Kier molecular flexibility index (Phi) is 53.8. The molecule has 0 heterocycles. The molecule has 0 aliphatic heterocycles. The van der Waals surface area contributed by atoms with Gasteiger partial charge in [-0.25, -0.2) is 0 Å². The van der Waals surface area contributed by atoms with Gasteiger partial charge in [-0.05, 0) is 0 Å². The third kappa shape index (κ3) is 25.6. The van der Waals surface area contributed by atoms with Crippen LogP contribution >= 0.6 is 11.6 Å². The molecule has 0 aromatic carbocycles. The fraction of sp³-hybridized carbons (Fsp3) is 1.00.